The van der Waals surface area contributed by atoms with Gasteiger partial charge in [-0.15, -0.1) is 0 Å². The van der Waals surface area contributed by atoms with Gasteiger partial charge in [-0.1, -0.05) is 97.2 Å². The Morgan fingerprint density at radius 2 is 1.56 bits per heavy atom. The molecule has 4 rings (SSSR count). The van der Waals surface area contributed by atoms with E-state index in [1.54, 1.807) is 67.6 Å². The van der Waals surface area contributed by atoms with Crippen molar-refractivity contribution < 1.29 is 31.2 Å². The van der Waals surface area contributed by atoms with Crippen LogP contribution in [0.25, 0.3) is 0 Å². The van der Waals surface area contributed by atoms with Gasteiger partial charge in [-0.25, -0.2) is 8.42 Å². The molecule has 7 nitrogen and oxygen atoms in total. The van der Waals surface area contributed by atoms with E-state index in [0.29, 0.717) is 33.9 Å². The highest BCUT2D eigenvalue weighted by molar-refractivity contribution is 7.92. The Bertz CT molecular complexity index is 1800. The fraction of sp³-hybridized carbons (Fsp3) is 0.278. The van der Waals surface area contributed by atoms with Crippen LogP contribution in [-0.2, 0) is 38.8 Å². The van der Waals surface area contributed by atoms with Crippen LogP contribution in [0.15, 0.2) is 108 Å². The van der Waals surface area contributed by atoms with Gasteiger partial charge in [0.1, 0.15) is 12.6 Å². The summed E-state index contributed by atoms with van der Waals surface area (Å²) in [5.74, 6) is -1.27. The van der Waals surface area contributed by atoms with E-state index in [9.17, 15) is 31.2 Å². The SMILES string of the molecule is CCCCNC(=O)[C@H](Cc1ccccc1)N(Cc1ccccc1Cl)C(=O)CN(c1cccc(C(F)(F)F)c1)S(=O)(=O)c1ccc(C)cc1. The Kier molecular flexibility index (Phi) is 12.3. The third-order valence-corrected chi connectivity index (χ3v) is 9.91. The molecule has 0 aliphatic rings. The number of anilines is 1. The van der Waals surface area contributed by atoms with Gasteiger partial charge in [-0.3, -0.25) is 13.9 Å². The van der Waals surface area contributed by atoms with Gasteiger partial charge in [0, 0.05) is 24.5 Å². The third-order valence-electron chi connectivity index (χ3n) is 7.75. The number of nitrogens with zero attached hydrogens (tertiary/aromatic N) is 2. The molecule has 0 unspecified atom stereocenters. The summed E-state index contributed by atoms with van der Waals surface area (Å²) in [5.41, 5.74) is 0.565. The van der Waals surface area contributed by atoms with Crippen LogP contribution in [0.5, 0.6) is 0 Å². The van der Waals surface area contributed by atoms with Crippen LogP contribution in [-0.4, -0.2) is 44.3 Å². The van der Waals surface area contributed by atoms with Crippen molar-refractivity contribution in [2.24, 2.45) is 0 Å². The summed E-state index contributed by atoms with van der Waals surface area (Å²) in [6.07, 6.45) is -3.18. The highest BCUT2D eigenvalue weighted by atomic mass is 35.5. The van der Waals surface area contributed by atoms with Crippen molar-refractivity contribution in [3.8, 4) is 0 Å². The van der Waals surface area contributed by atoms with Gasteiger partial charge in [0.15, 0.2) is 0 Å². The van der Waals surface area contributed by atoms with Crippen molar-refractivity contribution in [2.75, 3.05) is 17.4 Å². The minimum absolute atomic E-state index is 0.0866. The first-order valence-corrected chi connectivity index (χ1v) is 17.2. The fourth-order valence-corrected chi connectivity index (χ4v) is 6.68. The number of aryl methyl sites for hydroxylation is 1. The zero-order valence-corrected chi connectivity index (χ0v) is 28.2. The predicted octanol–water partition coefficient (Wildman–Crippen LogP) is 7.42. The smallest absolute Gasteiger partial charge is 0.354 e. The molecule has 0 spiro atoms. The number of hydrogen-bond acceptors (Lipinski definition) is 4. The number of halogens is 4. The molecule has 0 aliphatic heterocycles. The highest BCUT2D eigenvalue weighted by Crippen LogP contribution is 2.33. The van der Waals surface area contributed by atoms with Crippen LogP contribution in [0.1, 0.15) is 42.0 Å². The third kappa shape index (κ3) is 9.38. The van der Waals surface area contributed by atoms with Crippen molar-refractivity contribution in [3.63, 3.8) is 0 Å². The lowest BCUT2D eigenvalue weighted by Gasteiger charge is -2.34. The van der Waals surface area contributed by atoms with Gasteiger partial charge in [-0.05, 0) is 60.9 Å². The van der Waals surface area contributed by atoms with Crippen LogP contribution in [0.3, 0.4) is 0 Å². The molecule has 0 saturated carbocycles. The second-order valence-corrected chi connectivity index (χ2v) is 13.6. The zero-order chi connectivity index (χ0) is 34.9. The summed E-state index contributed by atoms with van der Waals surface area (Å²) in [6, 6.07) is 24.2. The molecule has 48 heavy (non-hydrogen) atoms. The molecule has 1 N–H and O–H groups in total. The summed E-state index contributed by atoms with van der Waals surface area (Å²) in [7, 11) is -4.57. The summed E-state index contributed by atoms with van der Waals surface area (Å²) in [4.78, 5) is 29.3. The second kappa shape index (κ2) is 16.2. The zero-order valence-electron chi connectivity index (χ0n) is 26.6. The number of benzene rings is 4. The average Bonchev–Trinajstić information content (AvgIpc) is 3.06. The Morgan fingerprint density at radius 1 is 0.896 bits per heavy atom. The van der Waals surface area contributed by atoms with Gasteiger partial charge in [0.05, 0.1) is 16.1 Å². The lowest BCUT2D eigenvalue weighted by Crippen LogP contribution is -2.53. The lowest BCUT2D eigenvalue weighted by atomic mass is 10.0. The maximum absolute atomic E-state index is 14.5. The molecule has 0 radical (unpaired) electrons. The highest BCUT2D eigenvalue weighted by Gasteiger charge is 2.36. The summed E-state index contributed by atoms with van der Waals surface area (Å²) in [5, 5.41) is 3.21. The first-order valence-electron chi connectivity index (χ1n) is 15.4. The van der Waals surface area contributed by atoms with Crippen molar-refractivity contribution in [2.45, 2.75) is 56.8 Å². The Morgan fingerprint density at radius 3 is 2.21 bits per heavy atom. The molecular formula is C36H37ClF3N3O4S. The molecule has 0 saturated heterocycles. The molecule has 254 valence electrons. The van der Waals surface area contributed by atoms with Gasteiger partial charge in [0.25, 0.3) is 10.0 Å². The molecule has 0 heterocycles. The first-order chi connectivity index (χ1) is 22.8. The normalized spacial score (nSPS) is 12.3. The molecule has 0 fully saturated rings. The predicted molar refractivity (Wildman–Crippen MR) is 181 cm³/mol. The van der Waals surface area contributed by atoms with E-state index >= 15 is 0 Å². The quantitative estimate of drug-likeness (QED) is 0.139. The summed E-state index contributed by atoms with van der Waals surface area (Å²) < 4.78 is 70.3. The maximum Gasteiger partial charge on any atom is 0.416 e. The van der Waals surface area contributed by atoms with Crippen molar-refractivity contribution in [1.82, 2.24) is 10.2 Å². The number of alkyl halides is 3. The van der Waals surface area contributed by atoms with E-state index in [-0.39, 0.29) is 23.5 Å². The maximum atomic E-state index is 14.5. The molecule has 12 heteroatoms. The summed E-state index contributed by atoms with van der Waals surface area (Å²) >= 11 is 6.50. The van der Waals surface area contributed by atoms with Crippen LogP contribution in [0.4, 0.5) is 18.9 Å². The Hall–Kier alpha value is -4.35. The number of sulfonamides is 1. The van der Waals surface area contributed by atoms with E-state index in [2.05, 4.69) is 5.32 Å². The van der Waals surface area contributed by atoms with Crippen molar-refractivity contribution in [3.05, 3.63) is 130 Å². The molecular weight excluding hydrogens is 663 g/mol. The minimum atomic E-state index is -4.77. The molecule has 0 aromatic heterocycles. The molecule has 4 aromatic rings. The van der Waals surface area contributed by atoms with E-state index in [1.165, 1.54) is 23.1 Å². The lowest BCUT2D eigenvalue weighted by molar-refractivity contribution is -0.140. The largest absolute Gasteiger partial charge is 0.416 e. The minimum Gasteiger partial charge on any atom is -0.354 e. The van der Waals surface area contributed by atoms with E-state index < -0.39 is 46.2 Å². The Balaban J connectivity index is 1.84. The molecule has 1 atom stereocenters. The molecule has 0 bridgehead atoms. The number of amides is 2. The number of rotatable bonds is 14. The van der Waals surface area contributed by atoms with E-state index in [0.717, 1.165) is 29.7 Å². The second-order valence-electron chi connectivity index (χ2n) is 11.3. The fourth-order valence-electron chi connectivity index (χ4n) is 5.07. The summed E-state index contributed by atoms with van der Waals surface area (Å²) in [6.45, 7) is 3.02. The number of unbranched alkanes of at least 4 members (excludes halogenated alkanes) is 1. The van der Waals surface area contributed by atoms with Crippen molar-refractivity contribution in [1.29, 1.82) is 0 Å². The topological polar surface area (TPSA) is 86.8 Å². The van der Waals surface area contributed by atoms with Gasteiger partial charge < -0.3 is 10.2 Å². The van der Waals surface area contributed by atoms with Crippen LogP contribution >= 0.6 is 11.6 Å². The number of hydrogen-bond donors (Lipinski definition) is 1. The standard InChI is InChI=1S/C36H37ClF3N3O4S/c1-3-4-21-41-35(45)33(22-27-11-6-5-7-12-27)42(24-28-13-8-9-16-32(28)37)34(44)25-43(30-15-10-14-29(23-30)36(38,39)40)48(46,47)31-19-17-26(2)18-20-31/h5-20,23,33H,3-4,21-22,24-25H2,1-2H3,(H,41,45)/t33-/m0/s1. The first kappa shape index (κ1) is 36.5. The van der Waals surface area contributed by atoms with Crippen LogP contribution < -0.4 is 9.62 Å². The van der Waals surface area contributed by atoms with Crippen LogP contribution in [0.2, 0.25) is 5.02 Å². The van der Waals surface area contributed by atoms with Gasteiger partial charge in [0.2, 0.25) is 11.8 Å². The number of nitrogens with one attached hydrogen (secondary N) is 1. The van der Waals surface area contributed by atoms with Gasteiger partial charge >= 0.3 is 6.18 Å². The molecule has 4 aromatic carbocycles. The van der Waals surface area contributed by atoms with E-state index in [1.807, 2.05) is 13.0 Å². The van der Waals surface area contributed by atoms with Gasteiger partial charge in [-0.2, -0.15) is 13.2 Å². The van der Waals surface area contributed by atoms with E-state index in [4.69, 9.17) is 11.6 Å². The van der Waals surface area contributed by atoms with Crippen LogP contribution in [0, 0.1) is 6.92 Å². The molecule has 0 aliphatic carbocycles. The average molecular weight is 700 g/mol. The van der Waals surface area contributed by atoms with Crippen molar-refractivity contribution >= 4 is 39.1 Å². The number of carbonyl (C=O) groups is 2. The number of carbonyl (C=O) groups excluding carboxylic acids is 2. The Labute approximate surface area is 284 Å². The monoisotopic (exact) mass is 699 g/mol. The molecule has 2 amide bonds.